The van der Waals surface area contributed by atoms with Crippen LogP contribution in [0.4, 0.5) is 0 Å². The van der Waals surface area contributed by atoms with Gasteiger partial charge in [0.2, 0.25) is 0 Å². The van der Waals surface area contributed by atoms with E-state index >= 15 is 0 Å². The number of ether oxygens (including phenoxy) is 7. The smallest absolute Gasteiger partial charge is 0.312 e. The van der Waals surface area contributed by atoms with Gasteiger partial charge < -0.3 is 43.1 Å². The number of aliphatic carboxylic acids is 1. The number of rotatable bonds is 11. The van der Waals surface area contributed by atoms with E-state index in [2.05, 4.69) is 96.1 Å². The van der Waals surface area contributed by atoms with Gasteiger partial charge in [-0.1, -0.05) is 109 Å². The van der Waals surface area contributed by atoms with Gasteiger partial charge in [-0.25, -0.2) is 0 Å². The summed E-state index contributed by atoms with van der Waals surface area (Å²) in [5, 5.41) is 11.1. The SMILES string of the molecule is CCC1OC(O[C@@H]2C(O[C@H]3CCC4(C)C5CC=C6C7CC(C)(C)CCC7(C(=O)O)[C@@H](OC)C[C@@]6(C)[C@@]5(C)CC[C@H]4[C@@]3(C)C=O)OC(C(C)=O)[C@@H](C)[C@@H]2OC2OC[C@@H](C)[C@H](C)[C@@H]2C)[C@@H](C)[C@@H](C)[C@H]1C. The Balaban J connectivity index is 1.13. The summed E-state index contributed by atoms with van der Waals surface area (Å²) in [6.07, 6.45) is 6.35. The minimum absolute atomic E-state index is 0.00302. The third-order valence-electron chi connectivity index (χ3n) is 22.5. The number of carbonyl (C=O) groups excluding carboxylic acids is 2. The zero-order chi connectivity index (χ0) is 49.8. The van der Waals surface area contributed by atoms with Crippen LogP contribution in [0.2, 0.25) is 0 Å². The van der Waals surface area contributed by atoms with Crippen molar-refractivity contribution in [3.63, 3.8) is 0 Å². The lowest BCUT2D eigenvalue weighted by Crippen LogP contribution is -2.68. The summed E-state index contributed by atoms with van der Waals surface area (Å²) in [5.41, 5.74) is -1.10. The molecule has 0 radical (unpaired) electrons. The van der Waals surface area contributed by atoms with Gasteiger partial charge in [-0.3, -0.25) is 9.59 Å². The molecule has 0 amide bonds. The topological polar surface area (TPSA) is 136 Å². The van der Waals surface area contributed by atoms with E-state index < -0.39 is 66.2 Å². The van der Waals surface area contributed by atoms with Crippen LogP contribution in [0.15, 0.2) is 11.6 Å². The second-order valence-electron chi connectivity index (χ2n) is 26.2. The van der Waals surface area contributed by atoms with Gasteiger partial charge in [0, 0.05) is 24.9 Å². The maximum absolute atomic E-state index is 14.1. The van der Waals surface area contributed by atoms with E-state index in [1.54, 1.807) is 14.0 Å². The molecule has 8 aliphatic rings. The molecule has 11 nitrogen and oxygen atoms in total. The van der Waals surface area contributed by atoms with Gasteiger partial charge in [0.05, 0.1) is 36.4 Å². The van der Waals surface area contributed by atoms with Crippen molar-refractivity contribution in [2.45, 2.75) is 224 Å². The van der Waals surface area contributed by atoms with Crippen molar-refractivity contribution in [1.82, 2.24) is 0 Å². The van der Waals surface area contributed by atoms with Crippen LogP contribution < -0.4 is 0 Å². The van der Waals surface area contributed by atoms with Crippen molar-refractivity contribution in [2.75, 3.05) is 13.7 Å². The highest BCUT2D eigenvalue weighted by Gasteiger charge is 2.72. The molecule has 11 heteroatoms. The van der Waals surface area contributed by atoms with Gasteiger partial charge in [-0.05, 0) is 134 Å². The highest BCUT2D eigenvalue weighted by atomic mass is 16.8. The number of carboxylic acid groups (broad SMARTS) is 1. The first-order valence-electron chi connectivity index (χ1n) is 27.1. The number of hydrogen-bond donors (Lipinski definition) is 1. The number of hydrogen-bond acceptors (Lipinski definition) is 10. The van der Waals surface area contributed by atoms with Gasteiger partial charge in [-0.15, -0.1) is 0 Å². The number of ketones is 1. The fourth-order valence-electron chi connectivity index (χ4n) is 17.0. The van der Waals surface area contributed by atoms with Crippen LogP contribution >= 0.6 is 0 Å². The minimum Gasteiger partial charge on any atom is -0.481 e. The quantitative estimate of drug-likeness (QED) is 0.120. The normalized spacial score (nSPS) is 53.4. The predicted molar refractivity (Wildman–Crippen MR) is 260 cm³/mol. The van der Waals surface area contributed by atoms with Gasteiger partial charge in [0.15, 0.2) is 24.7 Å². The number of allylic oxidation sites excluding steroid dienone is 2. The Morgan fingerprint density at radius 2 is 1.43 bits per heavy atom. The Bertz CT molecular complexity index is 1920. The van der Waals surface area contributed by atoms with Crippen LogP contribution in [-0.2, 0) is 47.5 Å². The maximum Gasteiger partial charge on any atom is 0.312 e. The van der Waals surface area contributed by atoms with Crippen molar-refractivity contribution in [2.24, 2.45) is 91.7 Å². The lowest BCUT2D eigenvalue weighted by molar-refractivity contribution is -0.374. The van der Waals surface area contributed by atoms with Crippen LogP contribution in [0.3, 0.4) is 0 Å². The summed E-state index contributed by atoms with van der Waals surface area (Å²) >= 11 is 0. The molecule has 1 N–H and O–H groups in total. The van der Waals surface area contributed by atoms with Crippen molar-refractivity contribution in [3.05, 3.63) is 11.6 Å². The number of methoxy groups -OCH3 is 1. The van der Waals surface area contributed by atoms with Crippen molar-refractivity contribution < 1.29 is 52.6 Å². The van der Waals surface area contributed by atoms with Crippen LogP contribution in [0.1, 0.15) is 168 Å². The van der Waals surface area contributed by atoms with E-state index in [-0.39, 0.29) is 69.1 Å². The largest absolute Gasteiger partial charge is 0.481 e. The molecule has 4 saturated carbocycles. The molecule has 386 valence electrons. The van der Waals surface area contributed by atoms with E-state index in [1.165, 1.54) is 11.9 Å². The Morgan fingerprint density at radius 1 is 0.750 bits per heavy atom. The zero-order valence-electron chi connectivity index (χ0n) is 44.9. The number of carboxylic acids is 1. The van der Waals surface area contributed by atoms with E-state index in [0.29, 0.717) is 49.5 Å². The standard InChI is InChI=1S/C57H92O11/c1-17-40-33(5)32(4)35(7)49(64-40)68-47-46(67-48-34(6)31(3)30(2)28-63-48)36(8)45(37(9)59)66-50(47)65-43-21-22-53(12)41(54(43,13)29-58)20-23-55(14)42(53)19-18-38-39-26-52(10,11)24-25-57(39,51(60)61)44(62-16)27-56(38,55)15/h18,29-36,39-50H,17,19-28H2,1-16H3,(H,60,61)/t30-,31+,32+,33-,34+,35+,36-,39?,40?,41-,42?,43+,44+,45?,46+,47+,48?,49?,50?,53?,54-,55+,56-,57?/m1/s1. The summed E-state index contributed by atoms with van der Waals surface area (Å²) in [6.45, 7) is 33.8. The number of carbonyl (C=O) groups is 3. The van der Waals surface area contributed by atoms with Crippen LogP contribution in [0, 0.1) is 91.7 Å². The average molecular weight is 953 g/mol. The van der Waals surface area contributed by atoms with Gasteiger partial charge >= 0.3 is 5.97 Å². The molecule has 0 bridgehead atoms. The Morgan fingerprint density at radius 3 is 2.06 bits per heavy atom. The van der Waals surface area contributed by atoms with Gasteiger partial charge in [0.25, 0.3) is 0 Å². The highest BCUT2D eigenvalue weighted by Crippen LogP contribution is 2.76. The molecule has 0 aromatic rings. The number of fused-ring (bicyclic) bond motifs is 7. The molecule has 9 unspecified atom stereocenters. The first-order valence-corrected chi connectivity index (χ1v) is 27.1. The molecule has 68 heavy (non-hydrogen) atoms. The van der Waals surface area contributed by atoms with Crippen LogP contribution in [0.25, 0.3) is 0 Å². The first kappa shape index (κ1) is 52.6. The van der Waals surface area contributed by atoms with E-state index in [0.717, 1.165) is 44.9 Å². The van der Waals surface area contributed by atoms with E-state index in [9.17, 15) is 19.5 Å². The zero-order valence-corrected chi connectivity index (χ0v) is 44.9. The molecule has 0 aromatic heterocycles. The van der Waals surface area contributed by atoms with Crippen molar-refractivity contribution in [3.8, 4) is 0 Å². The fraction of sp³-hybridized carbons (Fsp3) is 0.912. The van der Waals surface area contributed by atoms with Gasteiger partial charge in [0.1, 0.15) is 23.9 Å². The number of aldehydes is 1. The Kier molecular flexibility index (Phi) is 14.4. The third-order valence-corrected chi connectivity index (χ3v) is 22.5. The minimum atomic E-state index is -1.02. The average Bonchev–Trinajstić information content (AvgIpc) is 3.28. The molecule has 8 rings (SSSR count). The molecular formula is C57H92O11. The summed E-state index contributed by atoms with van der Waals surface area (Å²) in [7, 11) is 1.72. The fourth-order valence-corrected chi connectivity index (χ4v) is 17.0. The summed E-state index contributed by atoms with van der Waals surface area (Å²) < 4.78 is 48.2. The molecule has 24 atom stereocenters. The monoisotopic (exact) mass is 953 g/mol. The Labute approximate surface area is 410 Å². The molecule has 3 saturated heterocycles. The van der Waals surface area contributed by atoms with Gasteiger partial charge in [-0.2, -0.15) is 0 Å². The van der Waals surface area contributed by atoms with E-state index in [1.807, 2.05) is 6.92 Å². The first-order chi connectivity index (χ1) is 31.8. The van der Waals surface area contributed by atoms with Crippen LogP contribution in [-0.4, -0.2) is 92.4 Å². The summed E-state index contributed by atoms with van der Waals surface area (Å²) in [4.78, 5) is 41.3. The molecule has 3 aliphatic heterocycles. The summed E-state index contributed by atoms with van der Waals surface area (Å²) in [6, 6.07) is 0. The molecule has 0 aromatic carbocycles. The number of Topliss-reactive ketones (excluding diaryl/α,β-unsaturated/α-hetero) is 1. The van der Waals surface area contributed by atoms with Crippen molar-refractivity contribution >= 4 is 18.0 Å². The second-order valence-corrected chi connectivity index (χ2v) is 26.2. The molecule has 3 heterocycles. The third kappa shape index (κ3) is 8.01. The van der Waals surface area contributed by atoms with Crippen molar-refractivity contribution in [1.29, 1.82) is 0 Å². The highest BCUT2D eigenvalue weighted by molar-refractivity contribution is 5.81. The molecular weight excluding hydrogens is 861 g/mol. The second kappa shape index (κ2) is 18.6. The molecule has 7 fully saturated rings. The van der Waals surface area contributed by atoms with Crippen LogP contribution in [0.5, 0.6) is 0 Å². The molecule has 5 aliphatic carbocycles. The van der Waals surface area contributed by atoms with E-state index in [4.69, 9.17) is 33.2 Å². The maximum atomic E-state index is 14.1. The lowest BCUT2D eigenvalue weighted by atomic mass is 9.33. The predicted octanol–water partition coefficient (Wildman–Crippen LogP) is 11.1. The summed E-state index contributed by atoms with van der Waals surface area (Å²) in [5.74, 6) is 0.536. The Hall–Kier alpha value is -1.73. The molecule has 0 spiro atoms. The lowest BCUT2D eigenvalue weighted by Gasteiger charge is -2.71.